The number of carbonyl (C=O) groups excluding carboxylic acids is 1. The van der Waals surface area contributed by atoms with Gasteiger partial charge in [0.25, 0.3) is 0 Å². The van der Waals surface area contributed by atoms with Crippen molar-refractivity contribution >= 4 is 35.2 Å². The second-order valence-corrected chi connectivity index (χ2v) is 8.32. The number of anilines is 3. The Bertz CT molecular complexity index is 1070. The van der Waals surface area contributed by atoms with Crippen molar-refractivity contribution in [1.82, 2.24) is 19.5 Å². The number of aromatic nitrogens is 4. The van der Waals surface area contributed by atoms with E-state index in [1.54, 1.807) is 35.0 Å². The molecule has 0 bridgehead atoms. The SMILES string of the molecule is CC[C@@H]1C(=N)N(C(C)=N)c2cnc(-n3ccnc3N3CCOC3=O)nc2N1C1CCCC1. The van der Waals surface area contributed by atoms with E-state index in [1.807, 2.05) is 0 Å². The van der Waals surface area contributed by atoms with Crippen LogP contribution in [0.2, 0.25) is 0 Å². The van der Waals surface area contributed by atoms with Gasteiger partial charge in [-0.05, 0) is 26.2 Å². The first-order valence-corrected chi connectivity index (χ1v) is 11.1. The number of imidazole rings is 1. The minimum Gasteiger partial charge on any atom is -0.447 e. The zero-order valence-electron chi connectivity index (χ0n) is 18.3. The first-order valence-electron chi connectivity index (χ1n) is 11.1. The maximum Gasteiger partial charge on any atom is 0.416 e. The fourth-order valence-electron chi connectivity index (χ4n) is 4.97. The summed E-state index contributed by atoms with van der Waals surface area (Å²) in [5.41, 5.74) is 0.644. The van der Waals surface area contributed by atoms with Crippen LogP contribution in [0.4, 0.5) is 22.2 Å². The minimum atomic E-state index is -0.437. The van der Waals surface area contributed by atoms with Crippen molar-refractivity contribution in [1.29, 1.82) is 10.8 Å². The molecule has 2 fully saturated rings. The largest absolute Gasteiger partial charge is 0.447 e. The highest BCUT2D eigenvalue weighted by molar-refractivity contribution is 6.21. The van der Waals surface area contributed by atoms with Crippen molar-refractivity contribution < 1.29 is 9.53 Å². The van der Waals surface area contributed by atoms with Crippen molar-refractivity contribution in [2.24, 2.45) is 0 Å². The molecule has 0 aromatic carbocycles. The summed E-state index contributed by atoms with van der Waals surface area (Å²) in [4.78, 5) is 31.3. The van der Waals surface area contributed by atoms with Gasteiger partial charge in [0, 0.05) is 18.4 Å². The minimum absolute atomic E-state index is 0.163. The second-order valence-electron chi connectivity index (χ2n) is 8.32. The van der Waals surface area contributed by atoms with Crippen molar-refractivity contribution in [3.63, 3.8) is 0 Å². The van der Waals surface area contributed by atoms with E-state index in [2.05, 4.69) is 21.8 Å². The van der Waals surface area contributed by atoms with Crippen LogP contribution in [0.5, 0.6) is 0 Å². The van der Waals surface area contributed by atoms with E-state index in [0.29, 0.717) is 42.6 Å². The first-order chi connectivity index (χ1) is 15.5. The first kappa shape index (κ1) is 20.4. The van der Waals surface area contributed by atoms with Gasteiger partial charge in [0.15, 0.2) is 5.82 Å². The molecular formula is C21H27N9O2. The molecule has 168 valence electrons. The molecule has 1 saturated carbocycles. The molecule has 4 heterocycles. The molecule has 1 amide bonds. The maximum absolute atomic E-state index is 12.1. The van der Waals surface area contributed by atoms with Gasteiger partial charge in [0.2, 0.25) is 11.9 Å². The van der Waals surface area contributed by atoms with Crippen LogP contribution in [-0.4, -0.2) is 62.5 Å². The van der Waals surface area contributed by atoms with Crippen LogP contribution in [0.15, 0.2) is 18.6 Å². The Kier molecular flexibility index (Phi) is 5.03. The molecule has 0 spiro atoms. The van der Waals surface area contributed by atoms with Crippen molar-refractivity contribution in [3.8, 4) is 5.95 Å². The van der Waals surface area contributed by atoms with Gasteiger partial charge in [0.1, 0.15) is 24.0 Å². The van der Waals surface area contributed by atoms with Crippen molar-refractivity contribution in [2.45, 2.75) is 58.0 Å². The molecule has 2 aromatic rings. The Hall–Kier alpha value is -3.50. The molecule has 11 nitrogen and oxygen atoms in total. The number of rotatable bonds is 4. The summed E-state index contributed by atoms with van der Waals surface area (Å²) in [6, 6.07) is 0.135. The summed E-state index contributed by atoms with van der Waals surface area (Å²) in [6.07, 6.45) is 9.75. The normalized spacial score (nSPS) is 21.3. The smallest absolute Gasteiger partial charge is 0.416 e. The fraction of sp³-hybridized carbons (Fsp3) is 0.524. The number of hydrogen-bond acceptors (Lipinski definition) is 8. The maximum atomic E-state index is 12.1. The van der Waals surface area contributed by atoms with Gasteiger partial charge in [-0.15, -0.1) is 0 Å². The van der Waals surface area contributed by atoms with Crippen LogP contribution in [0, 0.1) is 10.8 Å². The van der Waals surface area contributed by atoms with Crippen LogP contribution in [-0.2, 0) is 4.74 Å². The highest BCUT2D eigenvalue weighted by Gasteiger charge is 2.41. The van der Waals surface area contributed by atoms with Crippen LogP contribution in [0.1, 0.15) is 46.0 Å². The average Bonchev–Trinajstić information content (AvgIpc) is 3.53. The number of nitrogens with zero attached hydrogens (tertiary/aromatic N) is 7. The molecule has 1 saturated heterocycles. The summed E-state index contributed by atoms with van der Waals surface area (Å²) in [5.74, 6) is 2.18. The van der Waals surface area contributed by atoms with Gasteiger partial charge < -0.3 is 9.64 Å². The number of fused-ring (bicyclic) bond motifs is 1. The number of amides is 1. The van der Waals surface area contributed by atoms with Crippen LogP contribution in [0.25, 0.3) is 5.95 Å². The van der Waals surface area contributed by atoms with E-state index in [0.717, 1.165) is 37.9 Å². The highest BCUT2D eigenvalue weighted by Crippen LogP contribution is 2.40. The van der Waals surface area contributed by atoms with Crippen LogP contribution >= 0.6 is 0 Å². The third kappa shape index (κ3) is 3.10. The zero-order valence-corrected chi connectivity index (χ0v) is 18.3. The van der Waals surface area contributed by atoms with E-state index in [4.69, 9.17) is 20.5 Å². The standard InChI is InChI=1S/C21H27N9O2/c1-3-15-17(23)29(13(2)22)16-12-25-19(26-18(16)30(15)14-6-4-5-7-14)27-9-8-24-20(27)28-10-11-32-21(28)31/h8-9,12,14-15,22-23H,3-7,10-11H2,1-2H3/t15-/m1/s1. The summed E-state index contributed by atoms with van der Waals surface area (Å²) >= 11 is 0. The quantitative estimate of drug-likeness (QED) is 0.556. The third-order valence-electron chi connectivity index (χ3n) is 6.39. The van der Waals surface area contributed by atoms with Gasteiger partial charge >= 0.3 is 6.09 Å². The van der Waals surface area contributed by atoms with Gasteiger partial charge in [0.05, 0.1) is 18.8 Å². The lowest BCUT2D eigenvalue weighted by Gasteiger charge is -2.45. The summed E-state index contributed by atoms with van der Waals surface area (Å²) in [5, 5.41) is 17.1. The Morgan fingerprint density at radius 1 is 1.28 bits per heavy atom. The summed E-state index contributed by atoms with van der Waals surface area (Å²) in [7, 11) is 0. The zero-order chi connectivity index (χ0) is 22.4. The Morgan fingerprint density at radius 2 is 2.06 bits per heavy atom. The van der Waals surface area contributed by atoms with Gasteiger partial charge in [-0.1, -0.05) is 19.8 Å². The Balaban J connectivity index is 1.64. The molecule has 3 aliphatic rings. The van der Waals surface area contributed by atoms with Crippen molar-refractivity contribution in [2.75, 3.05) is 27.9 Å². The van der Waals surface area contributed by atoms with Crippen LogP contribution < -0.4 is 14.7 Å². The predicted molar refractivity (Wildman–Crippen MR) is 120 cm³/mol. The molecule has 0 unspecified atom stereocenters. The molecule has 2 aromatic heterocycles. The Labute approximate surface area is 186 Å². The summed E-state index contributed by atoms with van der Waals surface area (Å²) < 4.78 is 6.75. The van der Waals surface area contributed by atoms with Gasteiger partial charge in [-0.3, -0.25) is 20.3 Å². The van der Waals surface area contributed by atoms with E-state index in [-0.39, 0.29) is 11.9 Å². The second kappa shape index (κ2) is 7.88. The fourth-order valence-corrected chi connectivity index (χ4v) is 4.97. The number of ether oxygens (including phenoxy) is 1. The molecule has 32 heavy (non-hydrogen) atoms. The number of nitrogens with one attached hydrogen (secondary N) is 2. The number of carbonyl (C=O) groups is 1. The van der Waals surface area contributed by atoms with Crippen molar-refractivity contribution in [3.05, 3.63) is 18.6 Å². The van der Waals surface area contributed by atoms with Crippen LogP contribution in [0.3, 0.4) is 0 Å². The molecule has 1 aliphatic carbocycles. The number of hydrogen-bond donors (Lipinski definition) is 2. The van der Waals surface area contributed by atoms with Gasteiger partial charge in [-0.2, -0.15) is 4.98 Å². The molecular weight excluding hydrogens is 410 g/mol. The van der Waals surface area contributed by atoms with E-state index in [1.165, 1.54) is 4.90 Å². The van der Waals surface area contributed by atoms with E-state index < -0.39 is 6.09 Å². The molecule has 5 rings (SSSR count). The molecule has 1 atom stereocenters. The lowest BCUT2D eigenvalue weighted by Crippen LogP contribution is -2.57. The average molecular weight is 438 g/mol. The topological polar surface area (TPSA) is 127 Å². The highest BCUT2D eigenvalue weighted by atomic mass is 16.6. The third-order valence-corrected chi connectivity index (χ3v) is 6.39. The number of cyclic esters (lactones) is 1. The molecule has 11 heteroatoms. The molecule has 2 aliphatic heterocycles. The summed E-state index contributed by atoms with van der Waals surface area (Å²) in [6.45, 7) is 4.49. The molecule has 2 N–H and O–H groups in total. The monoisotopic (exact) mass is 437 g/mol. The van der Waals surface area contributed by atoms with Gasteiger partial charge in [-0.25, -0.2) is 19.7 Å². The molecule has 0 radical (unpaired) electrons. The Morgan fingerprint density at radius 3 is 2.72 bits per heavy atom. The van der Waals surface area contributed by atoms with E-state index >= 15 is 0 Å². The lowest BCUT2D eigenvalue weighted by atomic mass is 10.0. The van der Waals surface area contributed by atoms with E-state index in [9.17, 15) is 4.79 Å². The number of amidine groups is 2. The predicted octanol–water partition coefficient (Wildman–Crippen LogP) is 2.94. The lowest BCUT2D eigenvalue weighted by molar-refractivity contribution is 0.181.